The molecule has 3 rings (SSSR count). The fraction of sp³-hybridized carbons (Fsp3) is 0.600. The Balaban J connectivity index is 1.68. The molecule has 1 saturated heterocycles. The van der Waals surface area contributed by atoms with Gasteiger partial charge in [-0.25, -0.2) is 4.79 Å². The highest BCUT2D eigenvalue weighted by Gasteiger charge is 2.70. The van der Waals surface area contributed by atoms with E-state index in [-0.39, 0.29) is 30.2 Å². The molecule has 13 heteroatoms. The molecule has 5 atom stereocenters. The average Bonchev–Trinajstić information content (AvgIpc) is 3.31. The minimum absolute atomic E-state index is 0.0348. The van der Waals surface area contributed by atoms with Crippen LogP contribution in [0.3, 0.4) is 0 Å². The van der Waals surface area contributed by atoms with E-state index in [1.54, 1.807) is 72.9 Å². The normalized spacial score (nSPS) is 20.7. The number of ketones is 1. The van der Waals surface area contributed by atoms with Crippen molar-refractivity contribution in [3.63, 3.8) is 0 Å². The molecule has 2 aliphatic rings. The van der Waals surface area contributed by atoms with Crippen molar-refractivity contribution in [2.45, 2.75) is 92.1 Å². The Hall–Kier alpha value is -4.42. The van der Waals surface area contributed by atoms with Crippen molar-refractivity contribution in [1.29, 1.82) is 0 Å². The summed E-state index contributed by atoms with van der Waals surface area (Å²) in [6.07, 6.45) is 0.600. The van der Waals surface area contributed by atoms with Gasteiger partial charge in [0.05, 0.1) is 13.7 Å². The van der Waals surface area contributed by atoms with E-state index in [9.17, 15) is 28.8 Å². The molecule has 4 N–H and O–H groups in total. The number of likely N-dealkylation sites (tertiary alicyclic amines) is 1. The fourth-order valence-corrected chi connectivity index (χ4v) is 6.12. The van der Waals surface area contributed by atoms with Crippen LogP contribution in [0.1, 0.15) is 67.4 Å². The summed E-state index contributed by atoms with van der Waals surface area (Å²) in [6, 6.07) is 3.87. The molecule has 1 aliphatic carbocycles. The van der Waals surface area contributed by atoms with Gasteiger partial charge in [0.15, 0.2) is 0 Å². The molecule has 48 heavy (non-hydrogen) atoms. The van der Waals surface area contributed by atoms with Crippen LogP contribution in [0.4, 0.5) is 4.79 Å². The second-order valence-electron chi connectivity index (χ2n) is 15.1. The number of Topliss-reactive ketones (excluding diaryl/α,β-unsaturated/α-hetero) is 1. The van der Waals surface area contributed by atoms with Crippen LogP contribution in [0.15, 0.2) is 36.9 Å². The second kappa shape index (κ2) is 14.8. The molecule has 1 aromatic carbocycles. The zero-order chi connectivity index (χ0) is 36.2. The largest absolute Gasteiger partial charge is 0.497 e. The zero-order valence-corrected chi connectivity index (χ0v) is 29.5. The van der Waals surface area contributed by atoms with Gasteiger partial charge in [-0.3, -0.25) is 24.0 Å². The van der Waals surface area contributed by atoms with E-state index in [1.807, 2.05) is 13.8 Å². The first kappa shape index (κ1) is 38.0. The maximum Gasteiger partial charge on any atom is 0.408 e. The van der Waals surface area contributed by atoms with Gasteiger partial charge in [0.25, 0.3) is 5.91 Å². The van der Waals surface area contributed by atoms with E-state index >= 15 is 0 Å². The molecule has 0 radical (unpaired) electrons. The van der Waals surface area contributed by atoms with Crippen molar-refractivity contribution < 1.29 is 38.2 Å². The molecule has 1 saturated carbocycles. The Labute approximate surface area is 282 Å². The number of piperidine rings is 1. The summed E-state index contributed by atoms with van der Waals surface area (Å²) in [7, 11) is 1.55. The molecule has 0 spiro atoms. The summed E-state index contributed by atoms with van der Waals surface area (Å²) in [5.74, 6) is -3.01. The van der Waals surface area contributed by atoms with Gasteiger partial charge in [-0.2, -0.15) is 0 Å². The van der Waals surface area contributed by atoms with Gasteiger partial charge >= 0.3 is 6.09 Å². The number of ether oxygens (including phenoxy) is 2. The van der Waals surface area contributed by atoms with Gasteiger partial charge < -0.3 is 35.6 Å². The van der Waals surface area contributed by atoms with Crippen molar-refractivity contribution in [2.24, 2.45) is 22.7 Å². The minimum atomic E-state index is -1.27. The van der Waals surface area contributed by atoms with Gasteiger partial charge in [0, 0.05) is 13.1 Å². The summed E-state index contributed by atoms with van der Waals surface area (Å²) in [5, 5.41) is 10.4. The third kappa shape index (κ3) is 9.35. The first-order chi connectivity index (χ1) is 22.2. The van der Waals surface area contributed by atoms with Gasteiger partial charge in [0.1, 0.15) is 29.5 Å². The summed E-state index contributed by atoms with van der Waals surface area (Å²) in [6.45, 7) is 18.3. The highest BCUT2D eigenvalue weighted by Crippen LogP contribution is 2.65. The standard InChI is InChI=1S/C35H51N5O8/c1-11-12-23(27(42)30(44)37-18-24(41)36-17-20-13-15-21(47-10)16-14-20)38-29(43)26-25-22(35(25,8)9)19-40(26)31(45)28(33(2,3)4)39-32(46)48-34(5,6)7/h11,13-16,22-23,25-26,28H,1,12,17-19H2,2-10H3,(H,36,41)(H,37,44)(H,38,43)(H,39,46)/t22-,23-,25-,26-,28+/m0/s1. The lowest BCUT2D eigenvalue weighted by molar-refractivity contribution is -0.145. The SMILES string of the molecule is C=CC[C@H](NC(=O)[C@@H]1[C@@H]2[C@H](CN1C(=O)[C@@H](NC(=O)OC(C)(C)C)C(C)(C)C)C2(C)C)C(=O)C(=O)NCC(=O)NCc1ccc(OC)cc1. The molecule has 13 nitrogen and oxygen atoms in total. The van der Waals surface area contributed by atoms with Gasteiger partial charge in [-0.15, -0.1) is 6.58 Å². The molecule has 5 amide bonds. The van der Waals surface area contributed by atoms with Crippen LogP contribution in [0.5, 0.6) is 5.75 Å². The van der Waals surface area contributed by atoms with Crippen LogP contribution in [0.2, 0.25) is 0 Å². The quantitative estimate of drug-likeness (QED) is 0.183. The number of carbonyl (C=O) groups is 6. The Morgan fingerprint density at radius 2 is 1.62 bits per heavy atom. The van der Waals surface area contributed by atoms with Crippen LogP contribution in [-0.4, -0.2) is 84.3 Å². The van der Waals surface area contributed by atoms with E-state index < -0.39 is 71.2 Å². The van der Waals surface area contributed by atoms with Crippen LogP contribution in [0.25, 0.3) is 0 Å². The van der Waals surface area contributed by atoms with Crippen molar-refractivity contribution in [3.8, 4) is 5.75 Å². The molecule has 0 unspecified atom stereocenters. The Morgan fingerprint density at radius 3 is 2.17 bits per heavy atom. The minimum Gasteiger partial charge on any atom is -0.497 e. The number of benzene rings is 1. The Bertz CT molecular complexity index is 1410. The number of alkyl carbamates (subject to hydrolysis) is 1. The number of nitrogens with one attached hydrogen (secondary N) is 4. The first-order valence-electron chi connectivity index (χ1n) is 16.1. The molecule has 0 bridgehead atoms. The van der Waals surface area contributed by atoms with Crippen molar-refractivity contribution >= 4 is 35.5 Å². The van der Waals surface area contributed by atoms with Gasteiger partial charge in [0.2, 0.25) is 23.5 Å². The molecular weight excluding hydrogens is 618 g/mol. The summed E-state index contributed by atoms with van der Waals surface area (Å²) >= 11 is 0. The van der Waals surface area contributed by atoms with E-state index in [0.717, 1.165) is 5.56 Å². The van der Waals surface area contributed by atoms with Crippen LogP contribution < -0.4 is 26.0 Å². The molecule has 264 valence electrons. The monoisotopic (exact) mass is 669 g/mol. The smallest absolute Gasteiger partial charge is 0.408 e. The average molecular weight is 670 g/mol. The lowest BCUT2D eigenvalue weighted by Gasteiger charge is -2.38. The first-order valence-corrected chi connectivity index (χ1v) is 16.1. The van der Waals surface area contributed by atoms with Crippen LogP contribution in [0, 0.1) is 22.7 Å². The molecule has 2 fully saturated rings. The second-order valence-corrected chi connectivity index (χ2v) is 15.1. The van der Waals surface area contributed by atoms with E-state index in [1.165, 1.54) is 11.0 Å². The van der Waals surface area contributed by atoms with E-state index in [0.29, 0.717) is 12.3 Å². The maximum atomic E-state index is 14.0. The predicted octanol–water partition coefficient (Wildman–Crippen LogP) is 2.48. The number of nitrogens with zero attached hydrogens (tertiary/aromatic N) is 1. The molecule has 1 aliphatic heterocycles. The lowest BCUT2D eigenvalue weighted by atomic mass is 9.85. The maximum absolute atomic E-state index is 14.0. The highest BCUT2D eigenvalue weighted by molar-refractivity contribution is 6.38. The van der Waals surface area contributed by atoms with Crippen LogP contribution >= 0.6 is 0 Å². The summed E-state index contributed by atoms with van der Waals surface area (Å²) in [5.41, 5.74) is -0.923. The zero-order valence-electron chi connectivity index (χ0n) is 29.5. The predicted molar refractivity (Wildman–Crippen MR) is 178 cm³/mol. The molecule has 1 heterocycles. The Morgan fingerprint density at radius 1 is 1.00 bits per heavy atom. The van der Waals surface area contributed by atoms with E-state index in [4.69, 9.17) is 9.47 Å². The van der Waals surface area contributed by atoms with Crippen molar-refractivity contribution in [2.75, 3.05) is 20.2 Å². The van der Waals surface area contributed by atoms with Crippen molar-refractivity contribution in [3.05, 3.63) is 42.5 Å². The number of amides is 5. The molecular formula is C35H51N5O8. The number of fused-ring (bicyclic) bond motifs is 1. The number of methoxy groups -OCH3 is 1. The molecule has 1 aromatic rings. The van der Waals surface area contributed by atoms with Gasteiger partial charge in [-0.1, -0.05) is 52.8 Å². The third-order valence-corrected chi connectivity index (χ3v) is 8.85. The lowest BCUT2D eigenvalue weighted by Crippen LogP contribution is -2.60. The van der Waals surface area contributed by atoms with Gasteiger partial charge in [-0.05, 0) is 67.6 Å². The summed E-state index contributed by atoms with van der Waals surface area (Å²) in [4.78, 5) is 80.5. The number of hydrogen-bond acceptors (Lipinski definition) is 8. The van der Waals surface area contributed by atoms with E-state index in [2.05, 4.69) is 27.8 Å². The van der Waals surface area contributed by atoms with Crippen molar-refractivity contribution in [1.82, 2.24) is 26.2 Å². The number of rotatable bonds is 13. The number of hydrogen-bond donors (Lipinski definition) is 4. The number of carbonyl (C=O) groups excluding carboxylic acids is 6. The summed E-state index contributed by atoms with van der Waals surface area (Å²) < 4.78 is 10.5. The fourth-order valence-electron chi connectivity index (χ4n) is 6.12. The highest BCUT2D eigenvalue weighted by atomic mass is 16.6. The third-order valence-electron chi connectivity index (χ3n) is 8.85. The Kier molecular flexibility index (Phi) is 11.7. The topological polar surface area (TPSA) is 172 Å². The molecule has 0 aromatic heterocycles. The van der Waals surface area contributed by atoms with Crippen LogP contribution in [-0.2, 0) is 35.3 Å².